The Morgan fingerprint density at radius 3 is 2.65 bits per heavy atom. The summed E-state index contributed by atoms with van der Waals surface area (Å²) in [5.74, 6) is -0.157. The van der Waals surface area contributed by atoms with Crippen LogP contribution < -0.4 is 10.6 Å². The summed E-state index contributed by atoms with van der Waals surface area (Å²) in [4.78, 5) is 22.5. The molecule has 0 unspecified atom stereocenters. The van der Waals surface area contributed by atoms with E-state index < -0.39 is 5.97 Å². The van der Waals surface area contributed by atoms with Crippen LogP contribution in [0.25, 0.3) is 0 Å². The summed E-state index contributed by atoms with van der Waals surface area (Å²) in [6.45, 7) is 2.16. The molecule has 1 aromatic carbocycles. The van der Waals surface area contributed by atoms with E-state index in [0.29, 0.717) is 18.0 Å². The molecule has 2 rings (SSSR count). The van der Waals surface area contributed by atoms with Crippen molar-refractivity contribution >= 4 is 17.7 Å². The van der Waals surface area contributed by atoms with Gasteiger partial charge in [0.1, 0.15) is 0 Å². The number of aliphatic carboxylic acids is 1. The summed E-state index contributed by atoms with van der Waals surface area (Å²) in [6, 6.07) is 7.34. The molecule has 0 spiro atoms. The van der Waals surface area contributed by atoms with E-state index in [1.54, 1.807) is 6.07 Å². The van der Waals surface area contributed by atoms with Crippen molar-refractivity contribution in [2.75, 3.05) is 5.32 Å². The highest BCUT2D eigenvalue weighted by Crippen LogP contribution is 2.26. The molecule has 5 nitrogen and oxygen atoms in total. The van der Waals surface area contributed by atoms with E-state index in [9.17, 15) is 9.59 Å². The van der Waals surface area contributed by atoms with Crippen LogP contribution >= 0.6 is 0 Å². The smallest absolute Gasteiger partial charge is 0.319 e. The van der Waals surface area contributed by atoms with Gasteiger partial charge in [0.05, 0.1) is 0 Å². The van der Waals surface area contributed by atoms with Gasteiger partial charge >= 0.3 is 12.0 Å². The second-order valence-electron chi connectivity index (χ2n) is 5.42. The van der Waals surface area contributed by atoms with Crippen molar-refractivity contribution in [1.29, 1.82) is 0 Å². The predicted molar refractivity (Wildman–Crippen MR) is 76.7 cm³/mol. The summed E-state index contributed by atoms with van der Waals surface area (Å²) >= 11 is 0. The summed E-state index contributed by atoms with van der Waals surface area (Å²) in [5, 5.41) is 14.5. The van der Waals surface area contributed by atoms with Crippen LogP contribution in [-0.2, 0) is 11.2 Å². The van der Waals surface area contributed by atoms with Crippen LogP contribution in [0, 0.1) is 5.92 Å². The second kappa shape index (κ2) is 6.41. The highest BCUT2D eigenvalue weighted by atomic mass is 16.4. The molecule has 1 aromatic rings. The number of carboxylic acids is 1. The van der Waals surface area contributed by atoms with Crippen molar-refractivity contribution in [1.82, 2.24) is 5.32 Å². The number of carbonyl (C=O) groups is 2. The molecule has 0 saturated heterocycles. The van der Waals surface area contributed by atoms with Crippen LogP contribution in [0.3, 0.4) is 0 Å². The average Bonchev–Trinajstić information content (AvgIpc) is 2.35. The number of benzene rings is 1. The minimum absolute atomic E-state index is 0.0560. The molecule has 5 heteroatoms. The van der Waals surface area contributed by atoms with Crippen LogP contribution in [0.1, 0.15) is 31.7 Å². The van der Waals surface area contributed by atoms with E-state index in [1.165, 1.54) is 0 Å². The summed E-state index contributed by atoms with van der Waals surface area (Å²) < 4.78 is 0. The van der Waals surface area contributed by atoms with E-state index in [4.69, 9.17) is 5.11 Å². The van der Waals surface area contributed by atoms with E-state index in [-0.39, 0.29) is 18.5 Å². The van der Waals surface area contributed by atoms with Crippen LogP contribution in [-0.4, -0.2) is 23.1 Å². The van der Waals surface area contributed by atoms with Gasteiger partial charge in [-0.1, -0.05) is 25.1 Å². The number of hydrogen-bond acceptors (Lipinski definition) is 2. The van der Waals surface area contributed by atoms with Gasteiger partial charge in [-0.25, -0.2) is 4.79 Å². The number of anilines is 1. The third-order valence-corrected chi connectivity index (χ3v) is 3.58. The number of hydrogen-bond donors (Lipinski definition) is 3. The molecule has 0 atom stereocenters. The maximum atomic E-state index is 11.9. The molecular formula is C15H20N2O3. The molecule has 1 aliphatic carbocycles. The molecule has 108 valence electrons. The van der Waals surface area contributed by atoms with Crippen molar-refractivity contribution in [3.63, 3.8) is 0 Å². The number of amides is 2. The zero-order chi connectivity index (χ0) is 14.5. The average molecular weight is 276 g/mol. The fraction of sp³-hybridized carbons (Fsp3) is 0.467. The number of carbonyl (C=O) groups excluding carboxylic acids is 1. The van der Waals surface area contributed by atoms with Crippen molar-refractivity contribution < 1.29 is 14.7 Å². The van der Waals surface area contributed by atoms with E-state index in [1.807, 2.05) is 18.2 Å². The Morgan fingerprint density at radius 2 is 2.00 bits per heavy atom. The van der Waals surface area contributed by atoms with Crippen LogP contribution in [0.4, 0.5) is 10.5 Å². The van der Waals surface area contributed by atoms with Gasteiger partial charge in [-0.3, -0.25) is 4.79 Å². The van der Waals surface area contributed by atoms with Crippen LogP contribution in [0.15, 0.2) is 24.3 Å². The first-order chi connectivity index (χ1) is 9.54. The maximum Gasteiger partial charge on any atom is 0.319 e. The monoisotopic (exact) mass is 276 g/mol. The topological polar surface area (TPSA) is 78.4 Å². The van der Waals surface area contributed by atoms with Gasteiger partial charge in [0, 0.05) is 18.2 Å². The molecule has 0 heterocycles. The van der Waals surface area contributed by atoms with Gasteiger partial charge in [0.2, 0.25) is 0 Å². The van der Waals surface area contributed by atoms with Gasteiger partial charge in [-0.2, -0.15) is 0 Å². The minimum Gasteiger partial charge on any atom is -0.481 e. The minimum atomic E-state index is -0.840. The van der Waals surface area contributed by atoms with Crippen molar-refractivity contribution in [2.45, 2.75) is 38.6 Å². The number of urea groups is 1. The van der Waals surface area contributed by atoms with Gasteiger partial charge in [-0.05, 0) is 36.8 Å². The zero-order valence-corrected chi connectivity index (χ0v) is 11.6. The molecule has 0 aliphatic heterocycles. The molecule has 1 saturated carbocycles. The van der Waals surface area contributed by atoms with Gasteiger partial charge in [0.25, 0.3) is 0 Å². The van der Waals surface area contributed by atoms with Gasteiger partial charge in [0.15, 0.2) is 0 Å². The lowest BCUT2D eigenvalue weighted by Crippen LogP contribution is -2.45. The standard InChI is InChI=1S/C15H20N2O3/c1-10-8-12(9-10)16-15(20)17-13-5-3-2-4-11(13)6-7-14(18)19/h2-5,10,12H,6-9H2,1H3,(H,18,19)(H2,16,17,20). The highest BCUT2D eigenvalue weighted by Gasteiger charge is 2.26. The Bertz CT molecular complexity index is 496. The molecule has 1 fully saturated rings. The number of rotatable bonds is 5. The molecule has 3 N–H and O–H groups in total. The Morgan fingerprint density at radius 1 is 1.30 bits per heavy atom. The lowest BCUT2D eigenvalue weighted by molar-refractivity contribution is -0.136. The first-order valence-corrected chi connectivity index (χ1v) is 6.92. The first-order valence-electron chi connectivity index (χ1n) is 6.92. The molecule has 0 bridgehead atoms. The largest absolute Gasteiger partial charge is 0.481 e. The number of aryl methyl sites for hydroxylation is 1. The lowest BCUT2D eigenvalue weighted by atomic mass is 9.82. The van der Waals surface area contributed by atoms with Crippen LogP contribution in [0.5, 0.6) is 0 Å². The Kier molecular flexibility index (Phi) is 4.61. The first kappa shape index (κ1) is 14.4. The van der Waals surface area contributed by atoms with E-state index in [0.717, 1.165) is 18.4 Å². The summed E-state index contributed by atoms with van der Waals surface area (Å²) in [6.07, 6.45) is 2.51. The van der Waals surface area contributed by atoms with Crippen molar-refractivity contribution in [3.05, 3.63) is 29.8 Å². The summed E-state index contributed by atoms with van der Waals surface area (Å²) in [5.41, 5.74) is 1.52. The van der Waals surface area contributed by atoms with Gasteiger partial charge < -0.3 is 15.7 Å². The molecule has 0 aromatic heterocycles. The number of carboxylic acid groups (broad SMARTS) is 1. The second-order valence-corrected chi connectivity index (χ2v) is 5.42. The fourth-order valence-electron chi connectivity index (χ4n) is 2.47. The molecular weight excluding hydrogens is 256 g/mol. The molecule has 0 radical (unpaired) electrons. The van der Waals surface area contributed by atoms with Crippen molar-refractivity contribution in [2.24, 2.45) is 5.92 Å². The molecule has 20 heavy (non-hydrogen) atoms. The Labute approximate surface area is 118 Å². The third kappa shape index (κ3) is 3.98. The van der Waals surface area contributed by atoms with Crippen LogP contribution in [0.2, 0.25) is 0 Å². The van der Waals surface area contributed by atoms with Crippen molar-refractivity contribution in [3.8, 4) is 0 Å². The Balaban J connectivity index is 1.90. The predicted octanol–water partition coefficient (Wildman–Crippen LogP) is 2.62. The summed E-state index contributed by atoms with van der Waals surface area (Å²) in [7, 11) is 0. The fourth-order valence-corrected chi connectivity index (χ4v) is 2.47. The molecule has 2 amide bonds. The van der Waals surface area contributed by atoms with Gasteiger partial charge in [-0.15, -0.1) is 0 Å². The zero-order valence-electron chi connectivity index (χ0n) is 11.6. The lowest BCUT2D eigenvalue weighted by Gasteiger charge is -2.33. The Hall–Kier alpha value is -2.04. The molecule has 1 aliphatic rings. The number of para-hydroxylation sites is 1. The number of nitrogens with one attached hydrogen (secondary N) is 2. The third-order valence-electron chi connectivity index (χ3n) is 3.58. The quantitative estimate of drug-likeness (QED) is 0.773. The van der Waals surface area contributed by atoms with E-state index >= 15 is 0 Å². The van der Waals surface area contributed by atoms with E-state index in [2.05, 4.69) is 17.6 Å². The normalized spacial score (nSPS) is 20.9. The highest BCUT2D eigenvalue weighted by molar-refractivity contribution is 5.90. The SMILES string of the molecule is CC1CC(NC(=O)Nc2ccccc2CCC(=O)O)C1. The maximum absolute atomic E-state index is 11.9.